The Morgan fingerprint density at radius 3 is 2.86 bits per heavy atom. The van der Waals surface area contributed by atoms with Crippen LogP contribution in [0.5, 0.6) is 0 Å². The zero-order chi connectivity index (χ0) is 19.8. The van der Waals surface area contributed by atoms with Gasteiger partial charge in [0.05, 0.1) is 17.6 Å². The minimum Gasteiger partial charge on any atom is -0.383 e. The number of benzene rings is 1. The Kier molecular flexibility index (Phi) is 6.75. The molecule has 2 heterocycles. The molecule has 0 spiro atoms. The number of hydrogen-bond donors (Lipinski definition) is 3. The van der Waals surface area contributed by atoms with Crippen LogP contribution in [0.15, 0.2) is 55.0 Å². The number of amides is 1. The number of carbonyl (C=O) groups excluding carboxylic acids is 1. The molecule has 0 fully saturated rings. The second-order valence-corrected chi connectivity index (χ2v) is 6.52. The Morgan fingerprint density at radius 2 is 2.04 bits per heavy atom. The predicted octanol–water partition coefficient (Wildman–Crippen LogP) is 3.87. The molecule has 0 saturated carbocycles. The summed E-state index contributed by atoms with van der Waals surface area (Å²) >= 11 is 6.03. The number of nitrogens with zero attached hydrogens (tertiary/aromatic N) is 3. The number of anilines is 3. The predicted molar refractivity (Wildman–Crippen MR) is 112 cm³/mol. The van der Waals surface area contributed by atoms with E-state index >= 15 is 0 Å². The van der Waals surface area contributed by atoms with E-state index in [2.05, 4.69) is 30.9 Å². The van der Waals surface area contributed by atoms with Crippen molar-refractivity contribution < 1.29 is 4.79 Å². The quantitative estimate of drug-likeness (QED) is 0.500. The number of pyridine rings is 1. The molecule has 8 heteroatoms. The molecular weight excluding hydrogens is 376 g/mol. The Balaban J connectivity index is 1.72. The average molecular weight is 397 g/mol. The second kappa shape index (κ2) is 9.66. The van der Waals surface area contributed by atoms with Crippen molar-refractivity contribution in [2.75, 3.05) is 23.7 Å². The van der Waals surface area contributed by atoms with Crippen molar-refractivity contribution in [1.29, 1.82) is 0 Å². The SMILES string of the molecule is CC(=O)NCCCNc1cnccc1-c1ccnc(Nc2cccc(Cl)c2)n1. The van der Waals surface area contributed by atoms with Crippen molar-refractivity contribution in [3.8, 4) is 11.3 Å². The van der Waals surface area contributed by atoms with Gasteiger partial charge in [-0.25, -0.2) is 9.97 Å². The van der Waals surface area contributed by atoms with Crippen LogP contribution in [0.4, 0.5) is 17.3 Å². The first-order chi connectivity index (χ1) is 13.6. The fourth-order valence-electron chi connectivity index (χ4n) is 2.60. The fraction of sp³-hybridized carbons (Fsp3) is 0.200. The van der Waals surface area contributed by atoms with Gasteiger partial charge < -0.3 is 16.0 Å². The van der Waals surface area contributed by atoms with E-state index in [0.717, 1.165) is 29.1 Å². The summed E-state index contributed by atoms with van der Waals surface area (Å²) in [6.45, 7) is 2.84. The van der Waals surface area contributed by atoms with Gasteiger partial charge in [0, 0.05) is 48.7 Å². The standard InChI is InChI=1S/C20H21ClN6O/c1-14(28)23-8-3-9-24-19-13-22-10-6-17(19)18-7-11-25-20(27-18)26-16-5-2-4-15(21)12-16/h2,4-7,10-13,24H,3,8-9H2,1H3,(H,23,28)(H,25,26,27). The van der Waals surface area contributed by atoms with E-state index in [1.54, 1.807) is 18.6 Å². The number of halogens is 1. The first-order valence-corrected chi connectivity index (χ1v) is 9.28. The molecule has 0 saturated heterocycles. The van der Waals surface area contributed by atoms with Gasteiger partial charge in [0.2, 0.25) is 11.9 Å². The van der Waals surface area contributed by atoms with Crippen molar-refractivity contribution in [2.24, 2.45) is 0 Å². The molecular formula is C20H21ClN6O. The summed E-state index contributed by atoms with van der Waals surface area (Å²) < 4.78 is 0. The zero-order valence-corrected chi connectivity index (χ0v) is 16.2. The molecule has 3 rings (SSSR count). The number of rotatable bonds is 8. The molecule has 0 aliphatic heterocycles. The topological polar surface area (TPSA) is 91.8 Å². The zero-order valence-electron chi connectivity index (χ0n) is 15.4. The lowest BCUT2D eigenvalue weighted by atomic mass is 10.1. The molecule has 2 aromatic heterocycles. The lowest BCUT2D eigenvalue weighted by Crippen LogP contribution is -2.22. The molecule has 1 amide bonds. The van der Waals surface area contributed by atoms with Gasteiger partial charge in [-0.1, -0.05) is 17.7 Å². The van der Waals surface area contributed by atoms with E-state index in [4.69, 9.17) is 11.6 Å². The summed E-state index contributed by atoms with van der Waals surface area (Å²) in [6.07, 6.45) is 6.00. The Bertz CT molecular complexity index is 949. The second-order valence-electron chi connectivity index (χ2n) is 6.09. The van der Waals surface area contributed by atoms with Crippen LogP contribution in [-0.4, -0.2) is 33.9 Å². The molecule has 3 aromatic rings. The van der Waals surface area contributed by atoms with E-state index in [1.807, 2.05) is 36.4 Å². The van der Waals surface area contributed by atoms with Gasteiger partial charge in [0.25, 0.3) is 0 Å². The Hall–Kier alpha value is -3.19. The van der Waals surface area contributed by atoms with Crippen molar-refractivity contribution in [3.05, 3.63) is 60.0 Å². The van der Waals surface area contributed by atoms with Crippen molar-refractivity contribution in [3.63, 3.8) is 0 Å². The highest BCUT2D eigenvalue weighted by Gasteiger charge is 2.08. The summed E-state index contributed by atoms with van der Waals surface area (Å²) in [5.74, 6) is 0.455. The molecule has 0 radical (unpaired) electrons. The summed E-state index contributed by atoms with van der Waals surface area (Å²) in [5.41, 5.74) is 3.38. The smallest absolute Gasteiger partial charge is 0.227 e. The van der Waals surface area contributed by atoms with Gasteiger partial charge in [0.1, 0.15) is 0 Å². The first-order valence-electron chi connectivity index (χ1n) is 8.90. The van der Waals surface area contributed by atoms with E-state index in [0.29, 0.717) is 24.1 Å². The maximum atomic E-state index is 10.9. The molecule has 0 aliphatic carbocycles. The normalized spacial score (nSPS) is 10.4. The van der Waals surface area contributed by atoms with E-state index in [-0.39, 0.29) is 5.91 Å². The highest BCUT2D eigenvalue weighted by atomic mass is 35.5. The van der Waals surface area contributed by atoms with Crippen LogP contribution in [0.3, 0.4) is 0 Å². The molecule has 0 aliphatic rings. The van der Waals surface area contributed by atoms with Gasteiger partial charge in [-0.05, 0) is 36.8 Å². The van der Waals surface area contributed by atoms with E-state index in [1.165, 1.54) is 6.92 Å². The third-order valence-electron chi connectivity index (χ3n) is 3.88. The molecule has 0 unspecified atom stereocenters. The third-order valence-corrected chi connectivity index (χ3v) is 4.11. The number of nitrogens with one attached hydrogen (secondary N) is 3. The molecule has 0 atom stereocenters. The maximum Gasteiger partial charge on any atom is 0.227 e. The Morgan fingerprint density at radius 1 is 1.14 bits per heavy atom. The van der Waals surface area contributed by atoms with Crippen LogP contribution < -0.4 is 16.0 Å². The molecule has 28 heavy (non-hydrogen) atoms. The van der Waals surface area contributed by atoms with Crippen LogP contribution >= 0.6 is 11.6 Å². The molecule has 3 N–H and O–H groups in total. The van der Waals surface area contributed by atoms with Gasteiger partial charge in [0.15, 0.2) is 0 Å². The minimum absolute atomic E-state index is 0.0252. The van der Waals surface area contributed by atoms with Crippen LogP contribution in [0.2, 0.25) is 5.02 Å². The molecule has 7 nitrogen and oxygen atoms in total. The van der Waals surface area contributed by atoms with Gasteiger partial charge >= 0.3 is 0 Å². The van der Waals surface area contributed by atoms with Crippen molar-refractivity contribution >= 4 is 34.8 Å². The summed E-state index contributed by atoms with van der Waals surface area (Å²) in [4.78, 5) is 24.0. The maximum absolute atomic E-state index is 10.9. The summed E-state index contributed by atoms with van der Waals surface area (Å²) in [7, 11) is 0. The Labute approximate surface area is 168 Å². The van der Waals surface area contributed by atoms with Crippen LogP contribution in [0.1, 0.15) is 13.3 Å². The summed E-state index contributed by atoms with van der Waals surface area (Å²) in [6, 6.07) is 11.1. The minimum atomic E-state index is -0.0252. The van der Waals surface area contributed by atoms with Gasteiger partial charge in [-0.3, -0.25) is 9.78 Å². The summed E-state index contributed by atoms with van der Waals surface area (Å²) in [5, 5.41) is 9.93. The van der Waals surface area contributed by atoms with E-state index in [9.17, 15) is 4.79 Å². The first kappa shape index (κ1) is 19.6. The van der Waals surface area contributed by atoms with Crippen molar-refractivity contribution in [1.82, 2.24) is 20.3 Å². The lowest BCUT2D eigenvalue weighted by Gasteiger charge is -2.12. The van der Waals surface area contributed by atoms with Crippen LogP contribution in [0, 0.1) is 0 Å². The highest BCUT2D eigenvalue weighted by molar-refractivity contribution is 6.30. The lowest BCUT2D eigenvalue weighted by molar-refractivity contribution is -0.118. The van der Waals surface area contributed by atoms with E-state index < -0.39 is 0 Å². The molecule has 144 valence electrons. The molecule has 1 aromatic carbocycles. The van der Waals surface area contributed by atoms with Gasteiger partial charge in [-0.2, -0.15) is 0 Å². The highest BCUT2D eigenvalue weighted by Crippen LogP contribution is 2.26. The average Bonchev–Trinajstić information content (AvgIpc) is 2.68. The van der Waals surface area contributed by atoms with Crippen LogP contribution in [0.25, 0.3) is 11.3 Å². The fourth-order valence-corrected chi connectivity index (χ4v) is 2.79. The molecule has 0 bridgehead atoms. The third kappa shape index (κ3) is 5.65. The van der Waals surface area contributed by atoms with Crippen LogP contribution in [-0.2, 0) is 4.79 Å². The van der Waals surface area contributed by atoms with Crippen molar-refractivity contribution in [2.45, 2.75) is 13.3 Å². The number of carbonyl (C=O) groups is 1. The largest absolute Gasteiger partial charge is 0.383 e. The number of hydrogen-bond acceptors (Lipinski definition) is 6. The monoisotopic (exact) mass is 396 g/mol. The van der Waals surface area contributed by atoms with Gasteiger partial charge in [-0.15, -0.1) is 0 Å². The number of aromatic nitrogens is 3.